The number of benzene rings is 1. The van der Waals surface area contributed by atoms with E-state index in [2.05, 4.69) is 20.4 Å². The molecule has 0 bridgehead atoms. The van der Waals surface area contributed by atoms with Crippen LogP contribution in [0.3, 0.4) is 0 Å². The highest BCUT2D eigenvalue weighted by Crippen LogP contribution is 2.21. The molecule has 0 fully saturated rings. The van der Waals surface area contributed by atoms with Gasteiger partial charge in [0.1, 0.15) is 0 Å². The Balaban J connectivity index is 2.36. The van der Waals surface area contributed by atoms with Gasteiger partial charge in [0.2, 0.25) is 5.69 Å². The molecule has 0 spiro atoms. The third kappa shape index (κ3) is 3.47. The smallest absolute Gasteiger partial charge is 0.364 e. The Hall–Kier alpha value is -2.90. The summed E-state index contributed by atoms with van der Waals surface area (Å²) in [7, 11) is 1.26. The number of methoxy groups -OCH3 is 1. The molecule has 0 atom stereocenters. The first kappa shape index (κ1) is 16.5. The normalized spacial score (nSPS) is 10.2. The van der Waals surface area contributed by atoms with Crippen LogP contribution in [0.4, 0.5) is 0 Å². The first-order valence-corrected chi connectivity index (χ1v) is 7.17. The van der Waals surface area contributed by atoms with E-state index in [1.165, 1.54) is 11.8 Å². The average molecular weight is 318 g/mol. The van der Waals surface area contributed by atoms with E-state index in [0.717, 1.165) is 0 Å². The summed E-state index contributed by atoms with van der Waals surface area (Å²) in [4.78, 5) is 23.5. The Bertz CT molecular complexity index is 694. The summed E-state index contributed by atoms with van der Waals surface area (Å²) >= 11 is 0. The molecule has 2 aromatic rings. The molecule has 0 radical (unpaired) electrons. The lowest BCUT2D eigenvalue weighted by Crippen LogP contribution is -2.22. The van der Waals surface area contributed by atoms with Crippen LogP contribution in [-0.2, 0) is 4.74 Å². The van der Waals surface area contributed by atoms with Crippen LogP contribution in [0.25, 0.3) is 5.69 Å². The van der Waals surface area contributed by atoms with E-state index in [1.54, 1.807) is 31.2 Å². The number of carbonyl (C=O) groups excluding carboxylic acids is 2. The van der Waals surface area contributed by atoms with Crippen molar-refractivity contribution in [2.24, 2.45) is 0 Å². The molecule has 0 unspecified atom stereocenters. The van der Waals surface area contributed by atoms with Crippen molar-refractivity contribution in [3.63, 3.8) is 0 Å². The lowest BCUT2D eigenvalue weighted by molar-refractivity contribution is 0.0589. The Morgan fingerprint density at radius 2 is 1.91 bits per heavy atom. The second-order valence-electron chi connectivity index (χ2n) is 4.49. The topological polar surface area (TPSA) is 95.3 Å². The summed E-state index contributed by atoms with van der Waals surface area (Å²) in [5, 5.41) is 10.4. The molecule has 1 amide bonds. The van der Waals surface area contributed by atoms with Crippen LogP contribution in [0, 0.1) is 0 Å². The predicted octanol–water partition coefficient (Wildman–Crippen LogP) is 1.20. The molecule has 0 aliphatic heterocycles. The molecule has 0 saturated heterocycles. The van der Waals surface area contributed by atoms with Gasteiger partial charge in [-0.2, -0.15) is 4.68 Å². The van der Waals surface area contributed by atoms with Crippen molar-refractivity contribution in [1.82, 2.24) is 20.3 Å². The lowest BCUT2D eigenvalue weighted by Gasteiger charge is -2.08. The summed E-state index contributed by atoms with van der Waals surface area (Å²) in [6.45, 7) is 4.54. The zero-order valence-electron chi connectivity index (χ0n) is 13.2. The highest BCUT2D eigenvalue weighted by Gasteiger charge is 2.22. The summed E-state index contributed by atoms with van der Waals surface area (Å²) in [5.41, 5.74) is 1.15. The van der Waals surface area contributed by atoms with E-state index in [0.29, 0.717) is 24.4 Å². The monoisotopic (exact) mass is 318 g/mol. The zero-order valence-corrected chi connectivity index (χ0v) is 13.2. The fourth-order valence-electron chi connectivity index (χ4n) is 1.95. The molecule has 0 aliphatic carbocycles. The van der Waals surface area contributed by atoms with E-state index in [-0.39, 0.29) is 17.5 Å². The van der Waals surface area contributed by atoms with Gasteiger partial charge >= 0.3 is 5.97 Å². The molecule has 1 aromatic carbocycles. The van der Waals surface area contributed by atoms with Crippen LogP contribution in [-0.4, -0.2) is 47.1 Å². The molecule has 1 N–H and O–H groups in total. The number of hydrogen-bond acceptors (Lipinski definition) is 6. The van der Waals surface area contributed by atoms with Crippen LogP contribution in [0.2, 0.25) is 0 Å². The molecule has 2 rings (SSSR count). The summed E-state index contributed by atoms with van der Waals surface area (Å²) in [5.74, 6) is -0.582. The number of amides is 1. The van der Waals surface area contributed by atoms with Crippen LogP contribution in [0.15, 0.2) is 24.3 Å². The maximum absolute atomic E-state index is 11.8. The third-order valence-corrected chi connectivity index (χ3v) is 3.00. The first-order chi connectivity index (χ1) is 11.1. The van der Waals surface area contributed by atoms with Crippen molar-refractivity contribution < 1.29 is 19.1 Å². The number of aromatic nitrogens is 3. The molecule has 0 aliphatic rings. The van der Waals surface area contributed by atoms with Gasteiger partial charge in [0.25, 0.3) is 11.8 Å². The van der Waals surface area contributed by atoms with Gasteiger partial charge in [0.15, 0.2) is 0 Å². The summed E-state index contributed by atoms with van der Waals surface area (Å²) in [6, 6.07) is 6.72. The fourth-order valence-corrected chi connectivity index (χ4v) is 1.95. The number of nitrogens with one attached hydrogen (secondary N) is 1. The van der Waals surface area contributed by atoms with E-state index in [1.807, 2.05) is 6.92 Å². The van der Waals surface area contributed by atoms with Crippen molar-refractivity contribution in [3.05, 3.63) is 35.5 Å². The molecule has 1 heterocycles. The minimum Gasteiger partial charge on any atom is -0.476 e. The molecular formula is C15H18N4O4. The van der Waals surface area contributed by atoms with Crippen molar-refractivity contribution in [2.45, 2.75) is 13.8 Å². The van der Waals surface area contributed by atoms with Gasteiger partial charge in [-0.25, -0.2) is 4.79 Å². The molecule has 0 saturated carbocycles. The lowest BCUT2D eigenvalue weighted by atomic mass is 10.2. The number of esters is 1. The van der Waals surface area contributed by atoms with Gasteiger partial charge in [-0.15, -0.1) is 5.10 Å². The fraction of sp³-hybridized carbons (Fsp3) is 0.333. The number of nitrogens with zero attached hydrogens (tertiary/aromatic N) is 3. The van der Waals surface area contributed by atoms with Crippen LogP contribution in [0.1, 0.15) is 34.7 Å². The van der Waals surface area contributed by atoms with Crippen molar-refractivity contribution >= 4 is 11.9 Å². The molecule has 122 valence electrons. The Morgan fingerprint density at radius 1 is 1.22 bits per heavy atom. The van der Waals surface area contributed by atoms with Gasteiger partial charge in [-0.1, -0.05) is 5.21 Å². The minimum atomic E-state index is -0.626. The van der Waals surface area contributed by atoms with Gasteiger partial charge in [0.05, 0.1) is 19.4 Å². The molecule has 8 nitrogen and oxygen atoms in total. The Kier molecular flexibility index (Phi) is 5.29. The maximum atomic E-state index is 11.8. The molecule has 23 heavy (non-hydrogen) atoms. The highest BCUT2D eigenvalue weighted by molar-refractivity contribution is 5.94. The van der Waals surface area contributed by atoms with Gasteiger partial charge in [-0.05, 0) is 38.1 Å². The number of carbonyl (C=O) groups is 2. The summed E-state index contributed by atoms with van der Waals surface area (Å²) in [6.07, 6.45) is 0. The highest BCUT2D eigenvalue weighted by atomic mass is 16.5. The van der Waals surface area contributed by atoms with Crippen molar-refractivity contribution in [1.29, 1.82) is 0 Å². The number of hydrogen-bond donors (Lipinski definition) is 1. The van der Waals surface area contributed by atoms with Gasteiger partial charge < -0.3 is 14.8 Å². The van der Waals surface area contributed by atoms with Crippen LogP contribution >= 0.6 is 0 Å². The SMILES string of the molecule is CCNC(=O)c1ccc(-n2nnc(C(=O)OC)c2OCC)cc1. The molecule has 1 aromatic heterocycles. The second-order valence-corrected chi connectivity index (χ2v) is 4.49. The number of rotatable bonds is 6. The molecular weight excluding hydrogens is 300 g/mol. The van der Waals surface area contributed by atoms with E-state index < -0.39 is 5.97 Å². The Morgan fingerprint density at radius 3 is 2.48 bits per heavy atom. The van der Waals surface area contributed by atoms with Crippen molar-refractivity contribution in [3.8, 4) is 11.6 Å². The third-order valence-electron chi connectivity index (χ3n) is 3.00. The second kappa shape index (κ2) is 7.39. The number of ether oxygens (including phenoxy) is 2. The maximum Gasteiger partial charge on any atom is 0.364 e. The predicted molar refractivity (Wildman–Crippen MR) is 81.9 cm³/mol. The largest absolute Gasteiger partial charge is 0.476 e. The quantitative estimate of drug-likeness (QED) is 0.804. The molecule has 8 heteroatoms. The first-order valence-electron chi connectivity index (χ1n) is 7.17. The van der Waals surface area contributed by atoms with Gasteiger partial charge in [-0.3, -0.25) is 4.79 Å². The standard InChI is InChI=1S/C15H18N4O4/c1-4-16-13(20)10-6-8-11(9-7-10)19-14(23-5-2)12(17-18-19)15(21)22-3/h6-9H,4-5H2,1-3H3,(H,16,20). The zero-order chi connectivity index (χ0) is 16.8. The van der Waals surface area contributed by atoms with E-state index in [9.17, 15) is 9.59 Å². The van der Waals surface area contributed by atoms with Crippen LogP contribution < -0.4 is 10.1 Å². The van der Waals surface area contributed by atoms with E-state index >= 15 is 0 Å². The minimum absolute atomic E-state index is 0.00199. The average Bonchev–Trinajstić information content (AvgIpc) is 2.98. The van der Waals surface area contributed by atoms with Crippen LogP contribution in [0.5, 0.6) is 5.88 Å². The van der Waals surface area contributed by atoms with Gasteiger partial charge in [0, 0.05) is 12.1 Å². The van der Waals surface area contributed by atoms with Crippen molar-refractivity contribution in [2.75, 3.05) is 20.3 Å². The van der Waals surface area contributed by atoms with E-state index in [4.69, 9.17) is 4.74 Å². The summed E-state index contributed by atoms with van der Waals surface area (Å²) < 4.78 is 11.5. The Labute approximate surface area is 133 Å².